The van der Waals surface area contributed by atoms with Crippen molar-refractivity contribution in [3.63, 3.8) is 0 Å². The van der Waals surface area contributed by atoms with E-state index in [4.69, 9.17) is 0 Å². The van der Waals surface area contributed by atoms with Crippen molar-refractivity contribution < 1.29 is 4.79 Å². The maximum atomic E-state index is 11.8. The van der Waals surface area contributed by atoms with Gasteiger partial charge in [-0.1, -0.05) is 24.3 Å². The highest BCUT2D eigenvalue weighted by atomic mass is 127. The van der Waals surface area contributed by atoms with Gasteiger partial charge in [0.15, 0.2) is 5.96 Å². The quantitative estimate of drug-likeness (QED) is 0.327. The first-order valence-corrected chi connectivity index (χ1v) is 10.7. The second kappa shape index (κ2) is 11.5. The van der Waals surface area contributed by atoms with Crippen LogP contribution < -0.4 is 10.6 Å². The number of aryl methyl sites for hydroxylation is 2. The Morgan fingerprint density at radius 1 is 1.21 bits per heavy atom. The van der Waals surface area contributed by atoms with E-state index in [0.29, 0.717) is 26.1 Å². The molecule has 1 aliphatic rings. The number of guanidine groups is 1. The summed E-state index contributed by atoms with van der Waals surface area (Å²) in [6.07, 6.45) is 1.67. The Morgan fingerprint density at radius 3 is 2.52 bits per heavy atom. The summed E-state index contributed by atoms with van der Waals surface area (Å²) in [6, 6.07) is 8.38. The largest absolute Gasteiger partial charge is 0.357 e. The van der Waals surface area contributed by atoms with Crippen molar-refractivity contribution in [3.05, 3.63) is 51.0 Å². The standard InChI is InChI=1S/C21H29N5OS.HI/c1-4-22-21(24-13-19-25-15(2)16(3)28-19)23-12-17-7-9-18(10-8-17)14-26-11-5-6-20(26)27;/h7-10H,4-6,11-14H2,1-3H3,(H2,22,23,24);1H. The molecule has 1 aromatic heterocycles. The van der Waals surface area contributed by atoms with Gasteiger partial charge in [-0.2, -0.15) is 0 Å². The van der Waals surface area contributed by atoms with Crippen molar-refractivity contribution in [1.29, 1.82) is 0 Å². The molecule has 0 radical (unpaired) electrons. The minimum Gasteiger partial charge on any atom is -0.357 e. The third-order valence-electron chi connectivity index (χ3n) is 4.81. The van der Waals surface area contributed by atoms with Gasteiger partial charge < -0.3 is 15.5 Å². The van der Waals surface area contributed by atoms with Crippen molar-refractivity contribution in [1.82, 2.24) is 20.5 Å². The minimum atomic E-state index is 0. The predicted octanol–water partition coefficient (Wildman–Crippen LogP) is 3.76. The molecule has 0 aliphatic carbocycles. The molecule has 2 heterocycles. The molecule has 158 valence electrons. The summed E-state index contributed by atoms with van der Waals surface area (Å²) in [5.74, 6) is 1.06. The number of aliphatic imine (C=N–C) groups is 1. The summed E-state index contributed by atoms with van der Waals surface area (Å²) in [6.45, 7) is 9.87. The lowest BCUT2D eigenvalue weighted by Gasteiger charge is -2.15. The van der Waals surface area contributed by atoms with Crippen molar-refractivity contribution >= 4 is 47.2 Å². The molecule has 8 heteroatoms. The number of carbonyl (C=O) groups is 1. The van der Waals surface area contributed by atoms with Crippen molar-refractivity contribution in [2.24, 2.45) is 4.99 Å². The van der Waals surface area contributed by atoms with Crippen molar-refractivity contribution in [2.75, 3.05) is 13.1 Å². The molecule has 1 amide bonds. The molecule has 0 saturated carbocycles. The van der Waals surface area contributed by atoms with Gasteiger partial charge in [0.25, 0.3) is 0 Å². The first-order valence-electron chi connectivity index (χ1n) is 9.86. The van der Waals surface area contributed by atoms with E-state index in [1.165, 1.54) is 10.4 Å². The number of hydrogen-bond donors (Lipinski definition) is 2. The fourth-order valence-corrected chi connectivity index (χ4v) is 4.00. The molecule has 2 N–H and O–H groups in total. The van der Waals surface area contributed by atoms with Crippen molar-refractivity contribution in [3.8, 4) is 0 Å². The van der Waals surface area contributed by atoms with Gasteiger partial charge in [-0.15, -0.1) is 35.3 Å². The molecule has 1 aromatic carbocycles. The van der Waals surface area contributed by atoms with Crippen LogP contribution in [0.25, 0.3) is 0 Å². The second-order valence-corrected chi connectivity index (χ2v) is 8.32. The maximum absolute atomic E-state index is 11.8. The van der Waals surface area contributed by atoms with Crippen LogP contribution in [0, 0.1) is 13.8 Å². The number of rotatable bonds is 7. The van der Waals surface area contributed by atoms with Gasteiger partial charge in [-0.25, -0.2) is 9.98 Å². The van der Waals surface area contributed by atoms with Gasteiger partial charge in [0, 0.05) is 30.9 Å². The van der Waals surface area contributed by atoms with Crippen LogP contribution in [0.1, 0.15) is 46.5 Å². The van der Waals surface area contributed by atoms with Gasteiger partial charge in [-0.05, 0) is 38.3 Å². The number of aromatic nitrogens is 1. The van der Waals surface area contributed by atoms with Gasteiger partial charge >= 0.3 is 0 Å². The van der Waals surface area contributed by atoms with E-state index in [0.717, 1.165) is 41.7 Å². The molecular formula is C21H30IN5OS. The number of hydrogen-bond acceptors (Lipinski definition) is 4. The number of carbonyl (C=O) groups excluding carboxylic acids is 1. The SMILES string of the molecule is CCNC(=NCc1ccc(CN2CCCC2=O)cc1)NCc1nc(C)c(C)s1.I. The molecule has 0 spiro atoms. The van der Waals surface area contributed by atoms with E-state index in [9.17, 15) is 4.79 Å². The summed E-state index contributed by atoms with van der Waals surface area (Å²) in [4.78, 5) is 24.2. The third kappa shape index (κ3) is 6.95. The second-order valence-electron chi connectivity index (χ2n) is 7.03. The number of nitrogens with zero attached hydrogens (tertiary/aromatic N) is 3. The molecule has 2 aromatic rings. The van der Waals surface area contributed by atoms with Gasteiger partial charge in [-0.3, -0.25) is 4.79 Å². The molecule has 0 unspecified atom stereocenters. The highest BCUT2D eigenvalue weighted by Gasteiger charge is 2.19. The maximum Gasteiger partial charge on any atom is 0.222 e. The zero-order chi connectivity index (χ0) is 19.9. The third-order valence-corrected chi connectivity index (χ3v) is 5.88. The Bertz CT molecular complexity index is 815. The van der Waals surface area contributed by atoms with E-state index in [1.54, 1.807) is 11.3 Å². The fraction of sp³-hybridized carbons (Fsp3) is 0.476. The zero-order valence-corrected chi connectivity index (χ0v) is 20.5. The molecule has 6 nitrogen and oxygen atoms in total. The summed E-state index contributed by atoms with van der Waals surface area (Å²) in [5, 5.41) is 7.71. The average Bonchev–Trinajstić information content (AvgIpc) is 3.23. The summed E-state index contributed by atoms with van der Waals surface area (Å²) in [5.41, 5.74) is 3.41. The Kier molecular flexibility index (Phi) is 9.35. The minimum absolute atomic E-state index is 0. The lowest BCUT2D eigenvalue weighted by Crippen LogP contribution is -2.36. The first-order chi connectivity index (χ1) is 13.5. The van der Waals surface area contributed by atoms with Gasteiger partial charge in [0.05, 0.1) is 18.8 Å². The van der Waals surface area contributed by atoms with Gasteiger partial charge in [0.1, 0.15) is 5.01 Å². The van der Waals surface area contributed by atoms with Crippen LogP contribution in [0.3, 0.4) is 0 Å². The van der Waals surface area contributed by atoms with Gasteiger partial charge in [0.2, 0.25) is 5.91 Å². The number of amides is 1. The van der Waals surface area contributed by atoms with Crippen LogP contribution in [0.5, 0.6) is 0 Å². The lowest BCUT2D eigenvalue weighted by molar-refractivity contribution is -0.128. The highest BCUT2D eigenvalue weighted by molar-refractivity contribution is 14.0. The summed E-state index contributed by atoms with van der Waals surface area (Å²) >= 11 is 1.72. The molecule has 3 rings (SSSR count). The number of thiazole rings is 1. The molecule has 1 aliphatic heterocycles. The lowest BCUT2D eigenvalue weighted by atomic mass is 10.1. The van der Waals surface area contributed by atoms with Crippen LogP contribution in [-0.2, 0) is 24.4 Å². The first kappa shape index (κ1) is 23.6. The molecule has 0 bridgehead atoms. The topological polar surface area (TPSA) is 69.6 Å². The number of likely N-dealkylation sites (tertiary alicyclic amines) is 1. The Morgan fingerprint density at radius 2 is 1.93 bits per heavy atom. The Labute approximate surface area is 194 Å². The fourth-order valence-electron chi connectivity index (χ4n) is 3.13. The number of halogens is 1. The monoisotopic (exact) mass is 527 g/mol. The zero-order valence-electron chi connectivity index (χ0n) is 17.3. The van der Waals surface area contributed by atoms with Crippen LogP contribution in [0.2, 0.25) is 0 Å². The Hall–Kier alpha value is -1.68. The van der Waals surface area contributed by atoms with Crippen LogP contribution in [0.15, 0.2) is 29.3 Å². The van der Waals surface area contributed by atoms with E-state index < -0.39 is 0 Å². The number of nitrogens with one attached hydrogen (secondary N) is 2. The molecule has 1 fully saturated rings. The molecule has 29 heavy (non-hydrogen) atoms. The smallest absolute Gasteiger partial charge is 0.222 e. The van der Waals surface area contributed by atoms with E-state index >= 15 is 0 Å². The van der Waals surface area contributed by atoms with Crippen LogP contribution in [-0.4, -0.2) is 34.8 Å². The predicted molar refractivity (Wildman–Crippen MR) is 130 cm³/mol. The molecule has 0 atom stereocenters. The Balaban J connectivity index is 0.00000300. The van der Waals surface area contributed by atoms with E-state index in [2.05, 4.69) is 58.7 Å². The molecule has 1 saturated heterocycles. The number of benzene rings is 1. The van der Waals surface area contributed by atoms with E-state index in [-0.39, 0.29) is 29.9 Å². The highest BCUT2D eigenvalue weighted by Crippen LogP contribution is 2.16. The van der Waals surface area contributed by atoms with Crippen LogP contribution in [0.4, 0.5) is 0 Å². The van der Waals surface area contributed by atoms with Crippen LogP contribution >= 0.6 is 35.3 Å². The van der Waals surface area contributed by atoms with E-state index in [1.807, 2.05) is 11.8 Å². The normalized spacial score (nSPS) is 14.1. The summed E-state index contributed by atoms with van der Waals surface area (Å²) < 4.78 is 0. The summed E-state index contributed by atoms with van der Waals surface area (Å²) in [7, 11) is 0. The average molecular weight is 527 g/mol. The van der Waals surface area contributed by atoms with Crippen molar-refractivity contribution in [2.45, 2.75) is 53.2 Å². The molecular weight excluding hydrogens is 497 g/mol.